The molecular weight excluding hydrogens is 518 g/mol. The van der Waals surface area contributed by atoms with Crippen LogP contribution in [0.4, 0.5) is 10.7 Å². The molecule has 3 unspecified atom stereocenters. The Morgan fingerprint density at radius 1 is 1.13 bits per heavy atom. The van der Waals surface area contributed by atoms with Crippen molar-refractivity contribution in [2.24, 2.45) is 11.8 Å². The number of carbonyl (C=O) groups excluding carboxylic acids is 1. The Morgan fingerprint density at radius 2 is 2.03 bits per heavy atom. The van der Waals surface area contributed by atoms with Crippen LogP contribution in [-0.2, 0) is 16.1 Å². The molecule has 7 rings (SSSR count). The van der Waals surface area contributed by atoms with Gasteiger partial charge >= 0.3 is 6.09 Å². The molecule has 0 radical (unpaired) electrons. The number of halogens is 1. The summed E-state index contributed by atoms with van der Waals surface area (Å²) in [5.41, 5.74) is 6.72. The number of hydrogen-bond acceptors (Lipinski definition) is 8. The molecule has 2 aliphatic carbocycles. The van der Waals surface area contributed by atoms with Crippen LogP contribution in [-0.4, -0.2) is 50.9 Å². The van der Waals surface area contributed by atoms with Crippen LogP contribution >= 0.6 is 11.6 Å². The number of hydrogen-bond donors (Lipinski definition) is 2. The number of morpholine rings is 1. The quantitative estimate of drug-likeness (QED) is 0.442. The van der Waals surface area contributed by atoms with E-state index in [1.165, 1.54) is 32.1 Å². The first kappa shape index (κ1) is 25.0. The van der Waals surface area contributed by atoms with Gasteiger partial charge in [0.25, 0.3) is 0 Å². The number of amides is 1. The summed E-state index contributed by atoms with van der Waals surface area (Å²) < 4.78 is 8.56. The Bertz CT molecular complexity index is 1400. The zero-order chi connectivity index (χ0) is 26.5. The van der Waals surface area contributed by atoms with Crippen LogP contribution < -0.4 is 15.7 Å². The lowest BCUT2D eigenvalue weighted by Crippen LogP contribution is -2.49. The number of rotatable bonds is 6. The van der Waals surface area contributed by atoms with Gasteiger partial charge in [-0.1, -0.05) is 31.4 Å². The highest BCUT2D eigenvalue weighted by Crippen LogP contribution is 2.40. The van der Waals surface area contributed by atoms with E-state index in [-0.39, 0.29) is 6.10 Å². The Labute approximate surface area is 232 Å². The SMILES string of the molecule is CCC1CCC(Cn2c(N3CCO[C@@H]4CCC[C@H]43)nc3cc(C4NOC(=O)N4)nc(-c4cncc(Cl)c4)c32)C1. The minimum atomic E-state index is -0.580. The van der Waals surface area contributed by atoms with Gasteiger partial charge in [0.15, 0.2) is 6.17 Å². The van der Waals surface area contributed by atoms with E-state index in [1.807, 2.05) is 12.1 Å². The van der Waals surface area contributed by atoms with Crippen molar-refractivity contribution < 1.29 is 14.4 Å². The zero-order valence-corrected chi connectivity index (χ0v) is 22.9. The van der Waals surface area contributed by atoms with E-state index in [0.717, 1.165) is 60.1 Å². The van der Waals surface area contributed by atoms with Crippen molar-refractivity contribution in [1.29, 1.82) is 0 Å². The van der Waals surface area contributed by atoms with Crippen LogP contribution in [0, 0.1) is 11.8 Å². The van der Waals surface area contributed by atoms with Gasteiger partial charge in [-0.15, -0.1) is 5.48 Å². The highest BCUT2D eigenvalue weighted by molar-refractivity contribution is 6.30. The van der Waals surface area contributed by atoms with E-state index in [9.17, 15) is 4.79 Å². The van der Waals surface area contributed by atoms with E-state index < -0.39 is 12.3 Å². The molecule has 206 valence electrons. The molecule has 0 aromatic carbocycles. The average molecular weight is 552 g/mol. The lowest BCUT2D eigenvalue weighted by molar-refractivity contribution is 0.0247. The topological polar surface area (TPSA) is 106 Å². The predicted molar refractivity (Wildman–Crippen MR) is 147 cm³/mol. The maximum atomic E-state index is 11.8. The second-order valence-electron chi connectivity index (χ2n) is 11.3. The second kappa shape index (κ2) is 10.2. The van der Waals surface area contributed by atoms with Gasteiger partial charge in [0.2, 0.25) is 5.95 Å². The number of nitrogens with one attached hydrogen (secondary N) is 2. The van der Waals surface area contributed by atoms with Crippen LogP contribution in [0.25, 0.3) is 22.3 Å². The molecule has 2 N–H and O–H groups in total. The Balaban J connectivity index is 1.41. The molecule has 1 amide bonds. The smallest absolute Gasteiger partial charge is 0.374 e. The first-order chi connectivity index (χ1) is 19.1. The molecule has 10 nitrogen and oxygen atoms in total. The first-order valence-corrected chi connectivity index (χ1v) is 14.6. The number of nitrogens with zero attached hydrogens (tertiary/aromatic N) is 5. The number of fused-ring (bicyclic) bond motifs is 2. The third-order valence-electron chi connectivity index (χ3n) is 8.94. The fourth-order valence-electron chi connectivity index (χ4n) is 7.02. The molecule has 3 aromatic heterocycles. The third-order valence-corrected chi connectivity index (χ3v) is 9.14. The summed E-state index contributed by atoms with van der Waals surface area (Å²) in [5.74, 6) is 2.36. The molecule has 3 aromatic rings. The summed E-state index contributed by atoms with van der Waals surface area (Å²) >= 11 is 6.40. The highest BCUT2D eigenvalue weighted by atomic mass is 35.5. The van der Waals surface area contributed by atoms with Gasteiger partial charge in [0, 0.05) is 31.0 Å². The molecule has 5 heterocycles. The standard InChI is InChI=1S/C28H34ClN7O3/c1-2-16-6-7-17(10-16)15-36-25-20(32-27(36)35-8-9-38-23-5-3-4-22(23)35)12-21(26-33-28(37)39-34-26)31-24(25)18-11-19(29)14-30-13-18/h11-14,16-17,22-23,26,34H,2-10,15H2,1H3,(H,33,37)/t16?,17?,22-,23-,26?/m1/s1. The number of ether oxygens (including phenoxy) is 1. The van der Waals surface area contributed by atoms with E-state index >= 15 is 0 Å². The fraction of sp³-hybridized carbons (Fsp3) is 0.571. The lowest BCUT2D eigenvalue weighted by atomic mass is 10.0. The van der Waals surface area contributed by atoms with Crippen molar-refractivity contribution in [3.8, 4) is 11.3 Å². The van der Waals surface area contributed by atoms with Gasteiger partial charge in [0.05, 0.1) is 46.2 Å². The maximum Gasteiger partial charge on any atom is 0.427 e. The lowest BCUT2D eigenvalue weighted by Gasteiger charge is -2.38. The molecule has 2 saturated carbocycles. The van der Waals surface area contributed by atoms with Gasteiger partial charge in [-0.3, -0.25) is 10.3 Å². The van der Waals surface area contributed by atoms with Gasteiger partial charge in [-0.05, 0) is 56.1 Å². The predicted octanol–water partition coefficient (Wildman–Crippen LogP) is 4.97. The molecule has 0 spiro atoms. The first-order valence-electron chi connectivity index (χ1n) is 14.2. The summed E-state index contributed by atoms with van der Waals surface area (Å²) in [6.45, 7) is 4.71. The van der Waals surface area contributed by atoms with Crippen LogP contribution in [0.3, 0.4) is 0 Å². The Hall–Kier alpha value is -2.95. The number of carbonyl (C=O) groups is 1. The number of imidazole rings is 1. The molecule has 39 heavy (non-hydrogen) atoms. The van der Waals surface area contributed by atoms with Crippen molar-refractivity contribution in [2.45, 2.75) is 76.7 Å². The molecule has 5 atom stereocenters. The molecular formula is C28H34ClN7O3. The van der Waals surface area contributed by atoms with E-state index in [1.54, 1.807) is 12.4 Å². The molecule has 2 saturated heterocycles. The van der Waals surface area contributed by atoms with Gasteiger partial charge in [-0.25, -0.2) is 14.8 Å². The van der Waals surface area contributed by atoms with Gasteiger partial charge < -0.3 is 19.0 Å². The number of pyridine rings is 2. The average Bonchev–Trinajstić information content (AvgIpc) is 3.75. The second-order valence-corrected chi connectivity index (χ2v) is 11.8. The van der Waals surface area contributed by atoms with Crippen molar-refractivity contribution in [1.82, 2.24) is 30.3 Å². The third kappa shape index (κ3) is 4.62. The Kier molecular flexibility index (Phi) is 6.57. The van der Waals surface area contributed by atoms with Crippen molar-refractivity contribution in [3.05, 3.63) is 35.2 Å². The van der Waals surface area contributed by atoms with E-state index in [0.29, 0.717) is 29.3 Å². The van der Waals surface area contributed by atoms with Crippen molar-refractivity contribution in [2.75, 3.05) is 18.1 Å². The molecule has 4 aliphatic rings. The zero-order valence-electron chi connectivity index (χ0n) is 22.1. The fourth-order valence-corrected chi connectivity index (χ4v) is 7.19. The summed E-state index contributed by atoms with van der Waals surface area (Å²) in [6, 6.07) is 4.17. The van der Waals surface area contributed by atoms with E-state index in [2.05, 4.69) is 32.2 Å². The number of anilines is 1. The van der Waals surface area contributed by atoms with Crippen molar-refractivity contribution >= 4 is 34.7 Å². The molecule has 0 bridgehead atoms. The summed E-state index contributed by atoms with van der Waals surface area (Å²) in [7, 11) is 0. The van der Waals surface area contributed by atoms with Crippen LogP contribution in [0.5, 0.6) is 0 Å². The van der Waals surface area contributed by atoms with E-state index in [4.69, 9.17) is 31.1 Å². The monoisotopic (exact) mass is 551 g/mol. The minimum absolute atomic E-state index is 0.253. The van der Waals surface area contributed by atoms with Crippen LogP contribution in [0.2, 0.25) is 5.02 Å². The number of hydroxylamine groups is 1. The minimum Gasteiger partial charge on any atom is -0.374 e. The van der Waals surface area contributed by atoms with Crippen molar-refractivity contribution in [3.63, 3.8) is 0 Å². The normalized spacial score (nSPS) is 28.6. The van der Waals surface area contributed by atoms with Gasteiger partial charge in [-0.2, -0.15) is 0 Å². The molecule has 11 heteroatoms. The largest absolute Gasteiger partial charge is 0.427 e. The Morgan fingerprint density at radius 3 is 2.82 bits per heavy atom. The maximum absolute atomic E-state index is 11.8. The summed E-state index contributed by atoms with van der Waals surface area (Å²) in [5, 5.41) is 3.31. The van der Waals surface area contributed by atoms with Gasteiger partial charge in [0.1, 0.15) is 0 Å². The highest BCUT2D eigenvalue weighted by Gasteiger charge is 2.39. The molecule has 2 aliphatic heterocycles. The molecule has 4 fully saturated rings. The van der Waals surface area contributed by atoms with Crippen LogP contribution in [0.1, 0.15) is 63.7 Å². The van der Waals surface area contributed by atoms with Crippen LogP contribution in [0.15, 0.2) is 24.5 Å². The number of aromatic nitrogens is 4. The summed E-state index contributed by atoms with van der Waals surface area (Å²) in [4.78, 5) is 34.0. The summed E-state index contributed by atoms with van der Waals surface area (Å²) in [6.07, 6.45) is 10.9.